The molecule has 0 radical (unpaired) electrons. The Kier molecular flexibility index (Phi) is 14.1. The summed E-state index contributed by atoms with van der Waals surface area (Å²) in [6.07, 6.45) is 9.08. The highest BCUT2D eigenvalue weighted by Gasteiger charge is 2.29. The molecular formula is C24H39F3O2. The van der Waals surface area contributed by atoms with Crippen molar-refractivity contribution in [1.29, 1.82) is 0 Å². The van der Waals surface area contributed by atoms with Gasteiger partial charge in [0.15, 0.2) is 0 Å². The van der Waals surface area contributed by atoms with Crippen LogP contribution in [0.4, 0.5) is 13.2 Å². The molecule has 0 bridgehead atoms. The predicted octanol–water partition coefficient (Wildman–Crippen LogP) is 7.59. The summed E-state index contributed by atoms with van der Waals surface area (Å²) in [7, 11) is 0. The van der Waals surface area contributed by atoms with Crippen molar-refractivity contribution in [2.45, 2.75) is 96.8 Å². The molecule has 168 valence electrons. The summed E-state index contributed by atoms with van der Waals surface area (Å²) in [5, 5.41) is 0. The van der Waals surface area contributed by atoms with E-state index in [4.69, 9.17) is 9.47 Å². The first kappa shape index (κ1) is 26.0. The van der Waals surface area contributed by atoms with Crippen molar-refractivity contribution in [3.05, 3.63) is 35.4 Å². The minimum atomic E-state index is -4.24. The summed E-state index contributed by atoms with van der Waals surface area (Å²) < 4.78 is 48.6. The lowest BCUT2D eigenvalue weighted by atomic mass is 10.0. The molecule has 0 fully saturated rings. The third kappa shape index (κ3) is 14.5. The van der Waals surface area contributed by atoms with Crippen LogP contribution in [0.5, 0.6) is 0 Å². The molecule has 0 aromatic heterocycles. The fraction of sp³-hybridized carbons (Fsp3) is 0.750. The van der Waals surface area contributed by atoms with Crippen molar-refractivity contribution in [3.63, 3.8) is 0 Å². The smallest absolute Gasteiger partial charge is 0.379 e. The van der Waals surface area contributed by atoms with Gasteiger partial charge in [0.1, 0.15) is 0 Å². The van der Waals surface area contributed by atoms with Crippen LogP contribution in [0.25, 0.3) is 0 Å². The summed E-state index contributed by atoms with van der Waals surface area (Å²) in [6.45, 7) is 6.27. The lowest BCUT2D eigenvalue weighted by molar-refractivity contribution is -0.137. The van der Waals surface area contributed by atoms with Crippen LogP contribution in [-0.4, -0.2) is 25.9 Å². The first-order chi connectivity index (χ1) is 13.9. The van der Waals surface area contributed by atoms with E-state index in [0.29, 0.717) is 13.2 Å². The van der Waals surface area contributed by atoms with Crippen molar-refractivity contribution in [3.8, 4) is 0 Å². The van der Waals surface area contributed by atoms with Crippen LogP contribution in [0.1, 0.15) is 89.2 Å². The maximum atomic E-state index is 12.5. The van der Waals surface area contributed by atoms with Gasteiger partial charge >= 0.3 is 6.18 Å². The lowest BCUT2D eigenvalue weighted by Gasteiger charge is -2.08. The highest BCUT2D eigenvalue weighted by atomic mass is 19.4. The number of rotatable bonds is 17. The van der Waals surface area contributed by atoms with Gasteiger partial charge in [0.25, 0.3) is 0 Å². The zero-order valence-electron chi connectivity index (χ0n) is 18.2. The Morgan fingerprint density at radius 3 is 1.72 bits per heavy atom. The summed E-state index contributed by atoms with van der Waals surface area (Å²) in [5.74, 6) is 0. The molecule has 2 nitrogen and oxygen atoms in total. The molecule has 0 aliphatic carbocycles. The molecule has 0 saturated heterocycles. The van der Waals surface area contributed by atoms with E-state index >= 15 is 0 Å². The Morgan fingerprint density at radius 2 is 1.21 bits per heavy atom. The number of aryl methyl sites for hydroxylation is 1. The van der Waals surface area contributed by atoms with Gasteiger partial charge in [-0.3, -0.25) is 0 Å². The predicted molar refractivity (Wildman–Crippen MR) is 113 cm³/mol. The van der Waals surface area contributed by atoms with E-state index in [-0.39, 0.29) is 6.10 Å². The molecule has 0 spiro atoms. The van der Waals surface area contributed by atoms with E-state index in [1.807, 2.05) is 13.8 Å². The zero-order valence-corrected chi connectivity index (χ0v) is 18.2. The quantitative estimate of drug-likeness (QED) is 0.244. The van der Waals surface area contributed by atoms with Gasteiger partial charge in [0.2, 0.25) is 0 Å². The summed E-state index contributed by atoms with van der Waals surface area (Å²) in [4.78, 5) is 0. The number of alkyl halides is 3. The second kappa shape index (κ2) is 15.7. The summed E-state index contributed by atoms with van der Waals surface area (Å²) >= 11 is 0. The molecule has 1 rings (SSSR count). The third-order valence-electron chi connectivity index (χ3n) is 4.96. The van der Waals surface area contributed by atoms with E-state index in [2.05, 4.69) is 0 Å². The number of halogens is 3. The number of hydrogen-bond donors (Lipinski definition) is 0. The minimum Gasteiger partial charge on any atom is -0.379 e. The largest absolute Gasteiger partial charge is 0.416 e. The molecule has 0 aliphatic rings. The van der Waals surface area contributed by atoms with Crippen LogP contribution >= 0.6 is 0 Å². The van der Waals surface area contributed by atoms with Crippen LogP contribution < -0.4 is 0 Å². The number of unbranched alkanes of at least 4 members (excludes halogenated alkanes) is 9. The Hall–Kier alpha value is -1.07. The van der Waals surface area contributed by atoms with Crippen molar-refractivity contribution < 1.29 is 22.6 Å². The van der Waals surface area contributed by atoms with Crippen molar-refractivity contribution in [1.82, 2.24) is 0 Å². The van der Waals surface area contributed by atoms with Crippen LogP contribution in [0, 0.1) is 0 Å². The lowest BCUT2D eigenvalue weighted by Crippen LogP contribution is -2.10. The van der Waals surface area contributed by atoms with Gasteiger partial charge in [-0.05, 0) is 50.8 Å². The Balaban J connectivity index is 1.83. The van der Waals surface area contributed by atoms with E-state index < -0.39 is 11.7 Å². The van der Waals surface area contributed by atoms with E-state index in [9.17, 15) is 13.2 Å². The Labute approximate surface area is 175 Å². The van der Waals surface area contributed by atoms with Crippen LogP contribution in [-0.2, 0) is 22.1 Å². The second-order valence-corrected chi connectivity index (χ2v) is 8.01. The average Bonchev–Trinajstić information content (AvgIpc) is 2.67. The monoisotopic (exact) mass is 416 g/mol. The fourth-order valence-electron chi connectivity index (χ4n) is 3.25. The van der Waals surface area contributed by atoms with Gasteiger partial charge in [-0.15, -0.1) is 0 Å². The molecule has 5 heteroatoms. The highest BCUT2D eigenvalue weighted by molar-refractivity contribution is 5.24. The maximum absolute atomic E-state index is 12.5. The topological polar surface area (TPSA) is 18.5 Å². The number of ether oxygens (including phenoxy) is 2. The second-order valence-electron chi connectivity index (χ2n) is 8.01. The van der Waals surface area contributed by atoms with E-state index in [1.54, 1.807) is 12.1 Å². The maximum Gasteiger partial charge on any atom is 0.416 e. The van der Waals surface area contributed by atoms with Crippen LogP contribution in [0.2, 0.25) is 0 Å². The fourth-order valence-corrected chi connectivity index (χ4v) is 3.25. The molecular weight excluding hydrogens is 377 g/mol. The van der Waals surface area contributed by atoms with Gasteiger partial charge in [0, 0.05) is 6.61 Å². The molecule has 1 aromatic carbocycles. The molecule has 29 heavy (non-hydrogen) atoms. The van der Waals surface area contributed by atoms with Gasteiger partial charge in [-0.25, -0.2) is 0 Å². The van der Waals surface area contributed by atoms with Gasteiger partial charge in [-0.2, -0.15) is 13.2 Å². The average molecular weight is 417 g/mol. The molecule has 0 N–H and O–H groups in total. The first-order valence-corrected chi connectivity index (χ1v) is 11.2. The SMILES string of the molecule is CC(C)OCCOCCCCCCCCCCCCc1ccc(C(F)(F)F)cc1. The normalized spacial score (nSPS) is 12.1. The number of hydrogen-bond acceptors (Lipinski definition) is 2. The van der Waals surface area contributed by atoms with Crippen molar-refractivity contribution in [2.75, 3.05) is 19.8 Å². The molecule has 0 aliphatic heterocycles. The molecule has 0 heterocycles. The summed E-state index contributed by atoms with van der Waals surface area (Å²) in [6, 6.07) is 5.58. The van der Waals surface area contributed by atoms with Gasteiger partial charge in [-0.1, -0.05) is 63.5 Å². The van der Waals surface area contributed by atoms with Crippen LogP contribution in [0.3, 0.4) is 0 Å². The van der Waals surface area contributed by atoms with Crippen molar-refractivity contribution in [2.24, 2.45) is 0 Å². The van der Waals surface area contributed by atoms with Crippen LogP contribution in [0.15, 0.2) is 24.3 Å². The molecule has 0 atom stereocenters. The molecule has 1 aromatic rings. The third-order valence-corrected chi connectivity index (χ3v) is 4.96. The molecule has 0 unspecified atom stereocenters. The van der Waals surface area contributed by atoms with Crippen molar-refractivity contribution >= 4 is 0 Å². The minimum absolute atomic E-state index is 0.276. The first-order valence-electron chi connectivity index (χ1n) is 11.2. The number of benzene rings is 1. The Morgan fingerprint density at radius 1 is 0.690 bits per heavy atom. The standard InChI is InChI=1S/C24H39F3O2/c1-21(2)29-20-19-28-18-12-10-8-6-4-3-5-7-9-11-13-22-14-16-23(17-15-22)24(25,26)27/h14-17,21H,3-13,18-20H2,1-2H3. The Bertz CT molecular complexity index is 498. The van der Waals surface area contributed by atoms with Gasteiger partial charge < -0.3 is 9.47 Å². The molecule has 0 amide bonds. The van der Waals surface area contributed by atoms with E-state index in [0.717, 1.165) is 37.9 Å². The highest BCUT2D eigenvalue weighted by Crippen LogP contribution is 2.29. The van der Waals surface area contributed by atoms with Gasteiger partial charge in [0.05, 0.1) is 24.9 Å². The van der Waals surface area contributed by atoms with E-state index in [1.165, 1.54) is 57.1 Å². The molecule has 0 saturated carbocycles. The zero-order chi connectivity index (χ0) is 21.4. The summed E-state index contributed by atoms with van der Waals surface area (Å²) in [5.41, 5.74) is 0.430.